The lowest BCUT2D eigenvalue weighted by molar-refractivity contribution is -0.183. The van der Waals surface area contributed by atoms with Crippen molar-refractivity contribution in [2.75, 3.05) is 44.2 Å². The fourth-order valence-corrected chi connectivity index (χ4v) is 3.39. The molecule has 0 spiro atoms. The van der Waals surface area contributed by atoms with Gasteiger partial charge in [0.05, 0.1) is 11.5 Å². The van der Waals surface area contributed by atoms with Crippen molar-refractivity contribution in [1.29, 1.82) is 0 Å². The molecular formula is C17H22F3N3O2S. The first-order chi connectivity index (χ1) is 12.4. The molecular weight excluding hydrogens is 367 g/mol. The Morgan fingerprint density at radius 1 is 1.15 bits per heavy atom. The smallest absolute Gasteiger partial charge is 0.353 e. The SMILES string of the molecule is O=C(CSCC(=O)c1ccccc1)NCC(N1CCNCC1)C(F)(F)F. The fraction of sp³-hybridized carbons (Fsp3) is 0.529. The summed E-state index contributed by atoms with van der Waals surface area (Å²) in [5.41, 5.74) is 0.552. The largest absolute Gasteiger partial charge is 0.405 e. The van der Waals surface area contributed by atoms with E-state index in [1.165, 1.54) is 4.90 Å². The van der Waals surface area contributed by atoms with E-state index in [1.54, 1.807) is 30.3 Å². The average molecular weight is 389 g/mol. The molecule has 1 atom stereocenters. The van der Waals surface area contributed by atoms with Crippen molar-refractivity contribution in [1.82, 2.24) is 15.5 Å². The van der Waals surface area contributed by atoms with E-state index in [0.29, 0.717) is 31.7 Å². The number of carbonyl (C=O) groups excluding carboxylic acids is 2. The van der Waals surface area contributed by atoms with Crippen LogP contribution in [-0.4, -0.2) is 73.0 Å². The number of piperazine rings is 1. The maximum atomic E-state index is 13.2. The summed E-state index contributed by atoms with van der Waals surface area (Å²) in [6.45, 7) is 1.10. The summed E-state index contributed by atoms with van der Waals surface area (Å²) >= 11 is 1.09. The Kier molecular flexibility index (Phi) is 7.92. The number of amides is 1. The molecule has 2 rings (SSSR count). The van der Waals surface area contributed by atoms with Crippen LogP contribution in [0.2, 0.25) is 0 Å². The lowest BCUT2D eigenvalue weighted by Gasteiger charge is -2.35. The van der Waals surface area contributed by atoms with Crippen LogP contribution >= 0.6 is 11.8 Å². The molecule has 1 aliphatic rings. The number of hydrogen-bond donors (Lipinski definition) is 2. The number of hydrogen-bond acceptors (Lipinski definition) is 5. The minimum atomic E-state index is -4.40. The second-order valence-electron chi connectivity index (χ2n) is 5.93. The van der Waals surface area contributed by atoms with E-state index >= 15 is 0 Å². The minimum absolute atomic E-state index is 0.0509. The first-order valence-electron chi connectivity index (χ1n) is 8.32. The molecule has 1 aromatic rings. The number of carbonyl (C=O) groups is 2. The summed E-state index contributed by atoms with van der Waals surface area (Å²) < 4.78 is 39.7. The van der Waals surface area contributed by atoms with Crippen molar-refractivity contribution in [2.24, 2.45) is 0 Å². The van der Waals surface area contributed by atoms with Crippen LogP contribution in [0.15, 0.2) is 30.3 Å². The summed E-state index contributed by atoms with van der Waals surface area (Å²) in [7, 11) is 0. The molecule has 1 aromatic carbocycles. The van der Waals surface area contributed by atoms with Crippen LogP contribution in [0.4, 0.5) is 13.2 Å². The van der Waals surface area contributed by atoms with E-state index in [1.807, 2.05) is 0 Å². The quantitative estimate of drug-likeness (QED) is 0.661. The summed E-state index contributed by atoms with van der Waals surface area (Å²) in [6, 6.07) is 6.97. The predicted octanol–water partition coefficient (Wildman–Crippen LogP) is 1.55. The average Bonchev–Trinajstić information content (AvgIpc) is 2.62. The highest BCUT2D eigenvalue weighted by Gasteiger charge is 2.43. The summed E-state index contributed by atoms with van der Waals surface area (Å²) in [5.74, 6) is -0.555. The maximum Gasteiger partial charge on any atom is 0.405 e. The number of nitrogens with zero attached hydrogens (tertiary/aromatic N) is 1. The van der Waals surface area contributed by atoms with Gasteiger partial charge in [-0.05, 0) is 0 Å². The second kappa shape index (κ2) is 9.94. The molecule has 1 aliphatic heterocycles. The molecule has 144 valence electrons. The zero-order valence-electron chi connectivity index (χ0n) is 14.2. The molecule has 0 saturated carbocycles. The topological polar surface area (TPSA) is 61.4 Å². The van der Waals surface area contributed by atoms with Gasteiger partial charge in [-0.25, -0.2) is 0 Å². The monoisotopic (exact) mass is 389 g/mol. The van der Waals surface area contributed by atoms with Crippen molar-refractivity contribution in [3.05, 3.63) is 35.9 Å². The molecule has 1 saturated heterocycles. The van der Waals surface area contributed by atoms with Crippen molar-refractivity contribution >= 4 is 23.5 Å². The molecule has 1 fully saturated rings. The fourth-order valence-electron chi connectivity index (χ4n) is 2.65. The minimum Gasteiger partial charge on any atom is -0.353 e. The third-order valence-electron chi connectivity index (χ3n) is 4.02. The standard InChI is InChI=1S/C17H22F3N3O2S/c18-17(19,20)15(23-8-6-21-7-9-23)10-22-16(25)12-26-11-14(24)13-4-2-1-3-5-13/h1-5,15,21H,6-12H2,(H,22,25). The Balaban J connectivity index is 1.74. The number of ketones is 1. The van der Waals surface area contributed by atoms with Crippen molar-refractivity contribution in [2.45, 2.75) is 12.2 Å². The van der Waals surface area contributed by atoms with E-state index in [-0.39, 0.29) is 17.3 Å². The van der Waals surface area contributed by atoms with E-state index in [2.05, 4.69) is 10.6 Å². The van der Waals surface area contributed by atoms with Crippen molar-refractivity contribution < 1.29 is 22.8 Å². The lowest BCUT2D eigenvalue weighted by atomic mass is 10.2. The van der Waals surface area contributed by atoms with Crippen LogP contribution in [0.1, 0.15) is 10.4 Å². The van der Waals surface area contributed by atoms with Gasteiger partial charge in [-0.1, -0.05) is 30.3 Å². The molecule has 0 aliphatic carbocycles. The Morgan fingerprint density at radius 2 is 1.81 bits per heavy atom. The van der Waals surface area contributed by atoms with Crippen molar-refractivity contribution in [3.8, 4) is 0 Å². The van der Waals surface area contributed by atoms with Gasteiger partial charge in [0.25, 0.3) is 0 Å². The van der Waals surface area contributed by atoms with Gasteiger partial charge in [0.1, 0.15) is 6.04 Å². The number of benzene rings is 1. The normalized spacial score (nSPS) is 16.9. The number of rotatable bonds is 8. The zero-order chi connectivity index (χ0) is 19.0. The van der Waals surface area contributed by atoms with E-state index in [4.69, 9.17) is 0 Å². The third-order valence-corrected chi connectivity index (χ3v) is 4.96. The Morgan fingerprint density at radius 3 is 2.42 bits per heavy atom. The zero-order valence-corrected chi connectivity index (χ0v) is 15.0. The van der Waals surface area contributed by atoms with Gasteiger partial charge in [-0.15, -0.1) is 11.8 Å². The van der Waals surface area contributed by atoms with Gasteiger partial charge < -0.3 is 10.6 Å². The van der Waals surface area contributed by atoms with Crippen LogP contribution in [-0.2, 0) is 4.79 Å². The first kappa shape index (κ1) is 20.7. The Hall–Kier alpha value is -1.58. The number of alkyl halides is 3. The van der Waals surface area contributed by atoms with Crippen LogP contribution < -0.4 is 10.6 Å². The molecule has 1 unspecified atom stereocenters. The maximum absolute atomic E-state index is 13.2. The number of halogens is 3. The van der Waals surface area contributed by atoms with E-state index in [9.17, 15) is 22.8 Å². The molecule has 2 N–H and O–H groups in total. The van der Waals surface area contributed by atoms with Crippen molar-refractivity contribution in [3.63, 3.8) is 0 Å². The molecule has 0 radical (unpaired) electrons. The number of Topliss-reactive ketones (excluding diaryl/α,β-unsaturated/α-hetero) is 1. The summed E-state index contributed by atoms with van der Waals surface area (Å²) in [5, 5.41) is 5.35. The first-order valence-corrected chi connectivity index (χ1v) is 9.47. The van der Waals surface area contributed by atoms with Gasteiger partial charge in [0, 0.05) is 38.3 Å². The van der Waals surface area contributed by atoms with Gasteiger partial charge in [-0.2, -0.15) is 13.2 Å². The predicted molar refractivity (Wildman–Crippen MR) is 95.4 cm³/mol. The highest BCUT2D eigenvalue weighted by molar-refractivity contribution is 8.00. The van der Waals surface area contributed by atoms with Crippen LogP contribution in [0.25, 0.3) is 0 Å². The number of thioether (sulfide) groups is 1. The van der Waals surface area contributed by atoms with Crippen LogP contribution in [0, 0.1) is 0 Å². The summed E-state index contributed by atoms with van der Waals surface area (Å²) in [6.07, 6.45) is -4.40. The van der Waals surface area contributed by atoms with Gasteiger partial charge in [0.2, 0.25) is 5.91 Å². The van der Waals surface area contributed by atoms with E-state index in [0.717, 1.165) is 11.8 Å². The lowest BCUT2D eigenvalue weighted by Crippen LogP contribution is -2.57. The van der Waals surface area contributed by atoms with Crippen LogP contribution in [0.5, 0.6) is 0 Å². The van der Waals surface area contributed by atoms with Gasteiger partial charge >= 0.3 is 6.18 Å². The summed E-state index contributed by atoms with van der Waals surface area (Å²) in [4.78, 5) is 25.1. The third kappa shape index (κ3) is 6.62. The second-order valence-corrected chi connectivity index (χ2v) is 6.92. The van der Waals surface area contributed by atoms with Gasteiger partial charge in [0.15, 0.2) is 5.78 Å². The van der Waals surface area contributed by atoms with Crippen LogP contribution in [0.3, 0.4) is 0 Å². The molecule has 0 bridgehead atoms. The van der Waals surface area contributed by atoms with E-state index < -0.39 is 24.7 Å². The molecule has 9 heteroatoms. The Bertz CT molecular complexity index is 593. The highest BCUT2D eigenvalue weighted by atomic mass is 32.2. The molecule has 26 heavy (non-hydrogen) atoms. The number of nitrogens with one attached hydrogen (secondary N) is 2. The molecule has 0 aromatic heterocycles. The highest BCUT2D eigenvalue weighted by Crippen LogP contribution is 2.24. The molecule has 1 amide bonds. The molecule has 1 heterocycles. The van der Waals surface area contributed by atoms with Gasteiger partial charge in [-0.3, -0.25) is 14.5 Å². The Labute approximate surface area is 154 Å². The molecule has 5 nitrogen and oxygen atoms in total.